The number of benzene rings is 2. The van der Waals surface area contributed by atoms with Gasteiger partial charge in [-0.15, -0.1) is 0 Å². The van der Waals surface area contributed by atoms with Crippen molar-refractivity contribution in [1.29, 1.82) is 0 Å². The van der Waals surface area contributed by atoms with Crippen LogP contribution >= 0.6 is 0 Å². The number of ether oxygens (including phenoxy) is 4. The highest BCUT2D eigenvalue weighted by molar-refractivity contribution is 5.33. The molecule has 0 spiro atoms. The van der Waals surface area contributed by atoms with Crippen molar-refractivity contribution in [3.05, 3.63) is 59.7 Å². The van der Waals surface area contributed by atoms with Gasteiger partial charge in [0.1, 0.15) is 43.0 Å². The molecular weight excluding hydrogens is 292 g/mol. The third kappa shape index (κ3) is 3.84. The molecule has 4 heteroatoms. The number of epoxide rings is 2. The molecular formula is C19H20O4. The van der Waals surface area contributed by atoms with Gasteiger partial charge in [-0.05, 0) is 42.3 Å². The summed E-state index contributed by atoms with van der Waals surface area (Å²) in [7, 11) is 0. The third-order valence-corrected chi connectivity index (χ3v) is 4.01. The molecule has 3 unspecified atom stereocenters. The van der Waals surface area contributed by atoms with Gasteiger partial charge in [0.25, 0.3) is 0 Å². The maximum Gasteiger partial charge on any atom is 0.123 e. The van der Waals surface area contributed by atoms with Gasteiger partial charge in [0.2, 0.25) is 0 Å². The molecule has 23 heavy (non-hydrogen) atoms. The zero-order valence-electron chi connectivity index (χ0n) is 13.1. The Bertz CT molecular complexity index is 681. The summed E-state index contributed by atoms with van der Waals surface area (Å²) in [5.74, 6) is 1.76. The van der Waals surface area contributed by atoms with E-state index < -0.39 is 0 Å². The molecule has 0 aliphatic carbocycles. The van der Waals surface area contributed by atoms with E-state index in [0.717, 1.165) is 23.7 Å². The maximum atomic E-state index is 5.81. The van der Waals surface area contributed by atoms with E-state index >= 15 is 0 Å². The van der Waals surface area contributed by atoms with Gasteiger partial charge in [-0.2, -0.15) is 0 Å². The van der Waals surface area contributed by atoms with Crippen molar-refractivity contribution in [1.82, 2.24) is 0 Å². The fourth-order valence-corrected chi connectivity index (χ4v) is 2.58. The van der Waals surface area contributed by atoms with Gasteiger partial charge in [-0.3, -0.25) is 0 Å². The first kappa shape index (κ1) is 14.5. The standard InChI is InChI=1S/C19H20O4/c1-13-4-2-6-15(8-13)22-12-18-19(23-18)14-5-3-7-16(9-14)20-10-17-11-21-17/h2-9,17-19H,10-12H2,1H3. The first-order valence-electron chi connectivity index (χ1n) is 7.97. The number of hydrogen-bond acceptors (Lipinski definition) is 4. The second-order valence-corrected chi connectivity index (χ2v) is 6.06. The first-order chi connectivity index (χ1) is 11.3. The van der Waals surface area contributed by atoms with Gasteiger partial charge in [0.05, 0.1) is 6.61 Å². The Balaban J connectivity index is 1.30. The summed E-state index contributed by atoms with van der Waals surface area (Å²) >= 11 is 0. The van der Waals surface area contributed by atoms with E-state index in [-0.39, 0.29) is 18.3 Å². The highest BCUT2D eigenvalue weighted by Crippen LogP contribution is 2.40. The quantitative estimate of drug-likeness (QED) is 0.736. The summed E-state index contributed by atoms with van der Waals surface area (Å²) < 4.78 is 22.4. The van der Waals surface area contributed by atoms with Crippen molar-refractivity contribution in [3.8, 4) is 11.5 Å². The smallest absolute Gasteiger partial charge is 0.123 e. The van der Waals surface area contributed by atoms with Crippen LogP contribution in [0.2, 0.25) is 0 Å². The molecule has 0 bridgehead atoms. The average Bonchev–Trinajstić information content (AvgIpc) is 3.46. The summed E-state index contributed by atoms with van der Waals surface area (Å²) in [4.78, 5) is 0. The fourth-order valence-electron chi connectivity index (χ4n) is 2.58. The van der Waals surface area contributed by atoms with Crippen LogP contribution in [-0.4, -0.2) is 32.0 Å². The van der Waals surface area contributed by atoms with Gasteiger partial charge in [-0.25, -0.2) is 0 Å². The molecule has 2 aliphatic rings. The normalized spacial score (nSPS) is 25.0. The van der Waals surface area contributed by atoms with Gasteiger partial charge < -0.3 is 18.9 Å². The minimum absolute atomic E-state index is 0.0977. The Morgan fingerprint density at radius 1 is 1.00 bits per heavy atom. The number of rotatable bonds is 7. The van der Waals surface area contributed by atoms with Crippen LogP contribution in [0, 0.1) is 6.92 Å². The van der Waals surface area contributed by atoms with Crippen molar-refractivity contribution < 1.29 is 18.9 Å². The Hall–Kier alpha value is -2.04. The molecule has 0 amide bonds. The molecule has 0 radical (unpaired) electrons. The summed E-state index contributed by atoms with van der Waals surface area (Å²) in [6, 6.07) is 16.1. The minimum Gasteiger partial charge on any atom is -0.491 e. The summed E-state index contributed by atoms with van der Waals surface area (Å²) in [5.41, 5.74) is 2.33. The van der Waals surface area contributed by atoms with E-state index in [0.29, 0.717) is 13.2 Å². The first-order valence-corrected chi connectivity index (χ1v) is 7.97. The highest BCUT2D eigenvalue weighted by Gasteiger charge is 2.41. The Labute approximate surface area is 135 Å². The minimum atomic E-state index is 0.0977. The van der Waals surface area contributed by atoms with E-state index in [1.807, 2.05) is 36.4 Å². The molecule has 4 nitrogen and oxygen atoms in total. The zero-order valence-corrected chi connectivity index (χ0v) is 13.1. The van der Waals surface area contributed by atoms with Gasteiger partial charge in [0, 0.05) is 0 Å². The molecule has 2 fully saturated rings. The summed E-state index contributed by atoms with van der Waals surface area (Å²) in [5, 5.41) is 0. The molecule has 2 aromatic rings. The molecule has 0 saturated carbocycles. The predicted octanol–water partition coefficient (Wildman–Crippen LogP) is 3.29. The molecule has 0 N–H and O–H groups in total. The Morgan fingerprint density at radius 2 is 1.74 bits per heavy atom. The molecule has 4 rings (SSSR count). The van der Waals surface area contributed by atoms with Gasteiger partial charge in [0.15, 0.2) is 0 Å². The topological polar surface area (TPSA) is 43.5 Å². The molecule has 0 aromatic heterocycles. The van der Waals surface area contributed by atoms with E-state index in [9.17, 15) is 0 Å². The second-order valence-electron chi connectivity index (χ2n) is 6.06. The number of hydrogen-bond donors (Lipinski definition) is 0. The molecule has 2 aliphatic heterocycles. The van der Waals surface area contributed by atoms with Crippen LogP contribution in [-0.2, 0) is 9.47 Å². The van der Waals surface area contributed by atoms with Crippen molar-refractivity contribution in [3.63, 3.8) is 0 Å². The maximum absolute atomic E-state index is 5.81. The van der Waals surface area contributed by atoms with E-state index in [4.69, 9.17) is 18.9 Å². The van der Waals surface area contributed by atoms with Crippen LogP contribution in [0.15, 0.2) is 48.5 Å². The van der Waals surface area contributed by atoms with Crippen LogP contribution < -0.4 is 9.47 Å². The second kappa shape index (κ2) is 6.22. The predicted molar refractivity (Wildman–Crippen MR) is 86.0 cm³/mol. The van der Waals surface area contributed by atoms with Crippen molar-refractivity contribution >= 4 is 0 Å². The highest BCUT2D eigenvalue weighted by atomic mass is 16.6. The lowest BCUT2D eigenvalue weighted by molar-refractivity contribution is 0.259. The third-order valence-electron chi connectivity index (χ3n) is 4.01. The van der Waals surface area contributed by atoms with Crippen LogP contribution in [0.5, 0.6) is 11.5 Å². The zero-order chi connectivity index (χ0) is 15.6. The summed E-state index contributed by atoms with van der Waals surface area (Å²) in [6.07, 6.45) is 0.476. The lowest BCUT2D eigenvalue weighted by atomic mass is 10.1. The largest absolute Gasteiger partial charge is 0.491 e. The fraction of sp³-hybridized carbons (Fsp3) is 0.368. The Morgan fingerprint density at radius 3 is 2.52 bits per heavy atom. The van der Waals surface area contributed by atoms with E-state index in [1.165, 1.54) is 5.56 Å². The Kier molecular flexibility index (Phi) is 3.93. The van der Waals surface area contributed by atoms with Crippen LogP contribution in [0.4, 0.5) is 0 Å². The lowest BCUT2D eigenvalue weighted by Crippen LogP contribution is -2.06. The van der Waals surface area contributed by atoms with Gasteiger partial charge >= 0.3 is 0 Å². The van der Waals surface area contributed by atoms with Crippen LogP contribution in [0.25, 0.3) is 0 Å². The van der Waals surface area contributed by atoms with Gasteiger partial charge in [-0.1, -0.05) is 24.3 Å². The van der Waals surface area contributed by atoms with E-state index in [1.54, 1.807) is 0 Å². The number of aryl methyl sites for hydroxylation is 1. The van der Waals surface area contributed by atoms with Crippen molar-refractivity contribution in [2.45, 2.75) is 25.2 Å². The van der Waals surface area contributed by atoms with Crippen LogP contribution in [0.3, 0.4) is 0 Å². The van der Waals surface area contributed by atoms with Crippen molar-refractivity contribution in [2.75, 3.05) is 19.8 Å². The van der Waals surface area contributed by atoms with Crippen LogP contribution in [0.1, 0.15) is 17.2 Å². The lowest BCUT2D eigenvalue weighted by Gasteiger charge is -2.06. The molecule has 3 atom stereocenters. The average molecular weight is 312 g/mol. The molecule has 120 valence electrons. The van der Waals surface area contributed by atoms with Crippen molar-refractivity contribution in [2.24, 2.45) is 0 Å². The molecule has 2 aromatic carbocycles. The monoisotopic (exact) mass is 312 g/mol. The molecule has 2 heterocycles. The van der Waals surface area contributed by atoms with E-state index in [2.05, 4.69) is 19.1 Å². The summed E-state index contributed by atoms with van der Waals surface area (Å²) in [6.45, 7) is 4.05. The SMILES string of the molecule is Cc1cccc(OCC2OC2c2cccc(OCC3CO3)c2)c1. The molecule has 2 saturated heterocycles.